The fourth-order valence-corrected chi connectivity index (χ4v) is 4.63. The van der Waals surface area contributed by atoms with Gasteiger partial charge in [0.1, 0.15) is 18.0 Å². The van der Waals surface area contributed by atoms with Gasteiger partial charge in [0.15, 0.2) is 11.5 Å². The molecule has 7 nitrogen and oxygen atoms in total. The van der Waals surface area contributed by atoms with Crippen LogP contribution < -0.4 is 14.2 Å². The highest BCUT2D eigenvalue weighted by Gasteiger charge is 2.33. The van der Waals surface area contributed by atoms with E-state index in [1.807, 2.05) is 49.1 Å². The third-order valence-electron chi connectivity index (χ3n) is 6.72. The lowest BCUT2D eigenvalue weighted by molar-refractivity contribution is -0.0537. The molecule has 3 aromatic rings. The highest BCUT2D eigenvalue weighted by atomic mass is 35.5. The number of aromatic nitrogens is 2. The number of hydrogen-bond acceptors (Lipinski definition) is 6. The van der Waals surface area contributed by atoms with Gasteiger partial charge in [0.05, 0.1) is 20.0 Å². The van der Waals surface area contributed by atoms with E-state index in [9.17, 15) is 5.11 Å². The van der Waals surface area contributed by atoms with Crippen molar-refractivity contribution in [3.63, 3.8) is 0 Å². The van der Waals surface area contributed by atoms with Gasteiger partial charge in [0.25, 0.3) is 0 Å². The Balaban J connectivity index is 1.26. The maximum atomic E-state index is 11.1. The number of hydrogen-bond donors (Lipinski definition) is 1. The topological polar surface area (TPSA) is 69.0 Å². The van der Waals surface area contributed by atoms with E-state index >= 15 is 0 Å². The van der Waals surface area contributed by atoms with E-state index in [1.54, 1.807) is 13.3 Å². The van der Waals surface area contributed by atoms with Crippen LogP contribution in [0.2, 0.25) is 5.02 Å². The van der Waals surface area contributed by atoms with Gasteiger partial charge in [0.2, 0.25) is 0 Å². The van der Waals surface area contributed by atoms with Crippen LogP contribution in [0.1, 0.15) is 36.0 Å². The van der Waals surface area contributed by atoms with Crippen molar-refractivity contribution in [1.29, 1.82) is 0 Å². The molecule has 2 aromatic carbocycles. The molecule has 1 aliphatic heterocycles. The number of benzene rings is 2. The number of rotatable bonds is 11. The molecule has 1 aliphatic rings. The molecule has 0 atom stereocenters. The van der Waals surface area contributed by atoms with Crippen LogP contribution >= 0.6 is 11.6 Å². The van der Waals surface area contributed by atoms with Crippen LogP contribution in [-0.4, -0.2) is 58.6 Å². The number of ether oxygens (including phenoxy) is 3. The van der Waals surface area contributed by atoms with E-state index in [0.717, 1.165) is 71.6 Å². The van der Waals surface area contributed by atoms with Crippen LogP contribution in [0.4, 0.5) is 0 Å². The average molecular weight is 514 g/mol. The number of likely N-dealkylation sites (tertiary alicyclic amines) is 1. The molecule has 1 aromatic heterocycles. The molecule has 0 radical (unpaired) electrons. The van der Waals surface area contributed by atoms with E-state index in [0.29, 0.717) is 19.4 Å². The third kappa shape index (κ3) is 6.93. The lowest BCUT2D eigenvalue weighted by Crippen LogP contribution is -2.47. The summed E-state index contributed by atoms with van der Waals surface area (Å²) in [7, 11) is 1.66. The molecule has 194 valence electrons. The van der Waals surface area contributed by atoms with Crippen LogP contribution in [-0.2, 0) is 13.1 Å². The van der Waals surface area contributed by atoms with Crippen LogP contribution in [0.3, 0.4) is 0 Å². The van der Waals surface area contributed by atoms with E-state index in [1.165, 1.54) is 0 Å². The second-order valence-corrected chi connectivity index (χ2v) is 10.0. The van der Waals surface area contributed by atoms with Gasteiger partial charge in [-0.3, -0.25) is 4.90 Å². The summed E-state index contributed by atoms with van der Waals surface area (Å²) in [5, 5.41) is 11.9. The normalized spacial score (nSPS) is 15.6. The highest BCUT2D eigenvalue weighted by molar-refractivity contribution is 6.32. The lowest BCUT2D eigenvalue weighted by Gasteiger charge is -2.38. The fourth-order valence-electron chi connectivity index (χ4n) is 4.52. The molecule has 1 N–H and O–H groups in total. The molecule has 0 aliphatic carbocycles. The molecular weight excluding hydrogens is 478 g/mol. The molecular formula is C28H36ClN3O4. The second kappa shape index (κ2) is 12.0. The first kappa shape index (κ1) is 26.3. The van der Waals surface area contributed by atoms with Crippen LogP contribution in [0.15, 0.2) is 49.1 Å². The first-order valence-electron chi connectivity index (χ1n) is 12.4. The summed E-state index contributed by atoms with van der Waals surface area (Å²) < 4.78 is 19.5. The van der Waals surface area contributed by atoms with Crippen molar-refractivity contribution in [2.45, 2.75) is 51.8 Å². The van der Waals surface area contributed by atoms with Crippen molar-refractivity contribution in [1.82, 2.24) is 14.5 Å². The van der Waals surface area contributed by atoms with Crippen LogP contribution in [0.25, 0.3) is 0 Å². The SMILES string of the molecule is COc1ccc(CN2CCC(O)(COc3cc(C)c(Cl)c(C)c3)CC2)cc1OCCCn1ccnc1. The van der Waals surface area contributed by atoms with Gasteiger partial charge in [-0.05, 0) is 74.1 Å². The van der Waals surface area contributed by atoms with Gasteiger partial charge >= 0.3 is 0 Å². The molecule has 0 bridgehead atoms. The number of aliphatic hydroxyl groups is 1. The number of methoxy groups -OCH3 is 1. The third-order valence-corrected chi connectivity index (χ3v) is 7.31. The Hall–Kier alpha value is -2.74. The van der Waals surface area contributed by atoms with Crippen LogP contribution in [0.5, 0.6) is 17.2 Å². The summed E-state index contributed by atoms with van der Waals surface area (Å²) in [5.41, 5.74) is 2.29. The molecule has 8 heteroatoms. The molecule has 4 rings (SSSR count). The van der Waals surface area contributed by atoms with Gasteiger partial charge in [-0.2, -0.15) is 0 Å². The van der Waals surface area contributed by atoms with E-state index < -0.39 is 5.60 Å². The van der Waals surface area contributed by atoms with Gasteiger partial charge in [-0.15, -0.1) is 0 Å². The zero-order chi connectivity index (χ0) is 25.5. The first-order valence-corrected chi connectivity index (χ1v) is 12.8. The lowest BCUT2D eigenvalue weighted by atomic mass is 9.92. The fraction of sp³-hybridized carbons (Fsp3) is 0.464. The Labute approximate surface area is 218 Å². The zero-order valence-corrected chi connectivity index (χ0v) is 22.1. The number of piperidine rings is 1. The Morgan fingerprint density at radius 2 is 1.81 bits per heavy atom. The van der Waals surface area contributed by atoms with Crippen LogP contribution in [0, 0.1) is 13.8 Å². The maximum Gasteiger partial charge on any atom is 0.161 e. The van der Waals surface area contributed by atoms with Crippen molar-refractivity contribution in [2.75, 3.05) is 33.4 Å². The quantitative estimate of drug-likeness (QED) is 0.362. The minimum atomic E-state index is -0.832. The zero-order valence-electron chi connectivity index (χ0n) is 21.4. The number of aryl methyl sites for hydroxylation is 3. The summed E-state index contributed by atoms with van der Waals surface area (Å²) in [6.07, 6.45) is 7.74. The molecule has 2 heterocycles. The van der Waals surface area contributed by atoms with Gasteiger partial charge in [0, 0.05) is 43.6 Å². The Kier molecular flexibility index (Phi) is 8.77. The van der Waals surface area contributed by atoms with Crippen molar-refractivity contribution in [3.8, 4) is 17.2 Å². The Bertz CT molecular complexity index is 1100. The molecule has 1 fully saturated rings. The highest BCUT2D eigenvalue weighted by Crippen LogP contribution is 2.31. The Morgan fingerprint density at radius 1 is 1.06 bits per heavy atom. The molecule has 1 saturated heterocycles. The summed E-state index contributed by atoms with van der Waals surface area (Å²) in [6.45, 7) is 8.06. The van der Waals surface area contributed by atoms with Crippen molar-refractivity contribution >= 4 is 11.6 Å². The standard InChI is InChI=1S/C28H36ClN3O4/c1-21-15-24(16-22(2)27(21)29)36-19-28(33)7-11-31(12-8-28)18-23-5-6-25(34-3)26(17-23)35-14-4-10-32-13-9-30-20-32/h5-6,9,13,15-17,20,33H,4,7-8,10-12,14,18-19H2,1-3H3. The predicted octanol–water partition coefficient (Wildman–Crippen LogP) is 5.04. The monoisotopic (exact) mass is 513 g/mol. The van der Waals surface area contributed by atoms with Crippen molar-refractivity contribution < 1.29 is 19.3 Å². The van der Waals surface area contributed by atoms with Crippen molar-refractivity contribution in [3.05, 3.63) is 70.8 Å². The molecule has 36 heavy (non-hydrogen) atoms. The summed E-state index contributed by atoms with van der Waals surface area (Å²) in [4.78, 5) is 6.42. The minimum Gasteiger partial charge on any atom is -0.493 e. The van der Waals surface area contributed by atoms with Gasteiger partial charge in [-0.25, -0.2) is 4.98 Å². The van der Waals surface area contributed by atoms with E-state index in [2.05, 4.69) is 22.0 Å². The number of nitrogens with zero attached hydrogens (tertiary/aromatic N) is 3. The number of halogens is 1. The molecule has 0 unspecified atom stereocenters. The predicted molar refractivity (Wildman–Crippen MR) is 141 cm³/mol. The molecule has 0 amide bonds. The summed E-state index contributed by atoms with van der Waals surface area (Å²) in [6, 6.07) is 9.95. The molecule has 0 saturated carbocycles. The second-order valence-electron chi connectivity index (χ2n) is 9.65. The minimum absolute atomic E-state index is 0.279. The largest absolute Gasteiger partial charge is 0.493 e. The Morgan fingerprint density at radius 3 is 2.47 bits per heavy atom. The van der Waals surface area contributed by atoms with Crippen molar-refractivity contribution in [2.24, 2.45) is 0 Å². The van der Waals surface area contributed by atoms with E-state index in [-0.39, 0.29) is 6.61 Å². The molecule has 0 spiro atoms. The summed E-state index contributed by atoms with van der Waals surface area (Å²) in [5.74, 6) is 2.25. The smallest absolute Gasteiger partial charge is 0.161 e. The van der Waals surface area contributed by atoms with Gasteiger partial charge < -0.3 is 23.9 Å². The average Bonchev–Trinajstić information content (AvgIpc) is 3.39. The van der Waals surface area contributed by atoms with Gasteiger partial charge in [-0.1, -0.05) is 17.7 Å². The summed E-state index contributed by atoms with van der Waals surface area (Å²) >= 11 is 6.26. The maximum absolute atomic E-state index is 11.1. The number of imidazole rings is 1. The first-order chi connectivity index (χ1) is 17.3. The van der Waals surface area contributed by atoms with E-state index in [4.69, 9.17) is 25.8 Å².